The molecule has 0 fully saturated rings. The van der Waals surface area contributed by atoms with Crippen LogP contribution < -0.4 is 5.32 Å². The van der Waals surface area contributed by atoms with Crippen LogP contribution >= 0.6 is 22.7 Å². The molecule has 0 saturated carbocycles. The quantitative estimate of drug-likeness (QED) is 0.482. The number of hydrogen-bond acceptors (Lipinski definition) is 5. The van der Waals surface area contributed by atoms with E-state index in [-0.39, 0.29) is 18.0 Å². The first kappa shape index (κ1) is 20.6. The molecule has 8 heteroatoms. The molecular weight excluding hydrogens is 418 g/mol. The Labute approximate surface area is 182 Å². The first-order chi connectivity index (χ1) is 14.5. The van der Waals surface area contributed by atoms with Gasteiger partial charge in [-0.3, -0.25) is 9.69 Å². The molecule has 0 saturated heterocycles. The molecule has 0 radical (unpaired) electrons. The summed E-state index contributed by atoms with van der Waals surface area (Å²) in [5, 5.41) is 14.4. The van der Waals surface area contributed by atoms with Gasteiger partial charge in [-0.05, 0) is 43.0 Å². The fourth-order valence-electron chi connectivity index (χ4n) is 4.14. The fraction of sp³-hybridized carbons (Fsp3) is 0.318. The Morgan fingerprint density at radius 2 is 2.07 bits per heavy atom. The third kappa shape index (κ3) is 3.40. The molecule has 6 nitrogen and oxygen atoms in total. The van der Waals surface area contributed by atoms with Crippen LogP contribution in [0.1, 0.15) is 43.2 Å². The van der Waals surface area contributed by atoms with E-state index in [4.69, 9.17) is 4.98 Å². The fourth-order valence-corrected chi connectivity index (χ4v) is 6.67. The van der Waals surface area contributed by atoms with Crippen molar-refractivity contribution in [2.75, 3.05) is 5.32 Å². The number of hydrogen-bond donors (Lipinski definition) is 2. The summed E-state index contributed by atoms with van der Waals surface area (Å²) in [5.74, 6) is -0.286. The van der Waals surface area contributed by atoms with Crippen LogP contribution in [0.15, 0.2) is 36.9 Å². The predicted molar refractivity (Wildman–Crippen MR) is 122 cm³/mol. The van der Waals surface area contributed by atoms with Crippen LogP contribution in [0.25, 0.3) is 20.8 Å². The number of thiophene rings is 1. The van der Waals surface area contributed by atoms with Gasteiger partial charge in [-0.15, -0.1) is 22.7 Å². The van der Waals surface area contributed by atoms with Gasteiger partial charge in [0.15, 0.2) is 0 Å². The van der Waals surface area contributed by atoms with Gasteiger partial charge in [0, 0.05) is 16.5 Å². The molecule has 2 unspecified atom stereocenters. The number of amides is 2. The van der Waals surface area contributed by atoms with Gasteiger partial charge in [0.05, 0.1) is 16.3 Å². The van der Waals surface area contributed by atoms with E-state index in [1.807, 2.05) is 38.1 Å². The van der Waals surface area contributed by atoms with Crippen molar-refractivity contribution >= 4 is 49.9 Å². The Morgan fingerprint density at radius 3 is 2.70 bits per heavy atom. The first-order valence-electron chi connectivity index (χ1n) is 9.94. The number of rotatable bonds is 5. The predicted octanol–water partition coefficient (Wildman–Crippen LogP) is 5.92. The third-order valence-electron chi connectivity index (χ3n) is 5.52. The van der Waals surface area contributed by atoms with Crippen molar-refractivity contribution in [2.45, 2.75) is 45.2 Å². The van der Waals surface area contributed by atoms with Gasteiger partial charge in [-0.25, -0.2) is 9.78 Å². The molecule has 1 aliphatic rings. The van der Waals surface area contributed by atoms with Crippen molar-refractivity contribution in [1.29, 1.82) is 0 Å². The molecule has 1 aliphatic heterocycles. The number of nitrogens with one attached hydrogen (secondary N) is 1. The van der Waals surface area contributed by atoms with Crippen molar-refractivity contribution in [2.24, 2.45) is 0 Å². The van der Waals surface area contributed by atoms with Crippen LogP contribution in [0.2, 0.25) is 0 Å². The number of carboxylic acid groups (broad SMARTS) is 1. The summed E-state index contributed by atoms with van der Waals surface area (Å²) in [5.41, 5.74) is 2.95. The molecule has 0 aliphatic carbocycles. The molecular formula is C22H23N3O3S2. The molecule has 3 aromatic rings. The molecule has 2 N–H and O–H groups in total. The third-order valence-corrected chi connectivity index (χ3v) is 7.82. The second-order valence-corrected chi connectivity index (χ2v) is 9.29. The lowest BCUT2D eigenvalue weighted by Gasteiger charge is -2.39. The van der Waals surface area contributed by atoms with Crippen molar-refractivity contribution < 1.29 is 14.7 Å². The first-order valence-corrected chi connectivity index (χ1v) is 11.6. The van der Waals surface area contributed by atoms with E-state index in [9.17, 15) is 14.7 Å². The van der Waals surface area contributed by atoms with E-state index in [0.29, 0.717) is 17.8 Å². The molecule has 1 aromatic carbocycles. The molecule has 30 heavy (non-hydrogen) atoms. The van der Waals surface area contributed by atoms with Crippen LogP contribution in [0.5, 0.6) is 0 Å². The van der Waals surface area contributed by atoms with Crippen LogP contribution in [0.3, 0.4) is 0 Å². The Morgan fingerprint density at radius 1 is 1.30 bits per heavy atom. The monoisotopic (exact) mass is 441 g/mol. The number of fused-ring (bicyclic) bond motifs is 2. The molecule has 4 rings (SSSR count). The lowest BCUT2D eigenvalue weighted by molar-refractivity contribution is -0.111. The molecule has 156 valence electrons. The van der Waals surface area contributed by atoms with Gasteiger partial charge in [-0.1, -0.05) is 32.6 Å². The average molecular weight is 442 g/mol. The van der Waals surface area contributed by atoms with E-state index in [1.165, 1.54) is 17.4 Å². The Balaban J connectivity index is 1.94. The molecule has 3 heterocycles. The maximum absolute atomic E-state index is 12.1. The van der Waals surface area contributed by atoms with Gasteiger partial charge in [-0.2, -0.15) is 0 Å². The maximum atomic E-state index is 12.1. The summed E-state index contributed by atoms with van der Waals surface area (Å²) in [4.78, 5) is 31.6. The van der Waals surface area contributed by atoms with Crippen LogP contribution in [0, 0.1) is 0 Å². The van der Waals surface area contributed by atoms with E-state index in [2.05, 4.69) is 11.9 Å². The minimum atomic E-state index is -0.897. The van der Waals surface area contributed by atoms with Crippen LogP contribution in [-0.2, 0) is 11.2 Å². The summed E-state index contributed by atoms with van der Waals surface area (Å²) < 4.78 is 1.08. The van der Waals surface area contributed by atoms with Crippen LogP contribution in [-0.4, -0.2) is 33.0 Å². The normalized spacial score (nSPS) is 18.3. The topological polar surface area (TPSA) is 82.5 Å². The molecule has 2 atom stereocenters. The Hall–Kier alpha value is -2.71. The summed E-state index contributed by atoms with van der Waals surface area (Å²) in [7, 11) is 0. The summed E-state index contributed by atoms with van der Waals surface area (Å²) in [6, 6.07) is 7.62. The van der Waals surface area contributed by atoms with Gasteiger partial charge in [0.1, 0.15) is 10.0 Å². The largest absolute Gasteiger partial charge is 0.465 e. The Bertz CT molecular complexity index is 1100. The zero-order valence-electron chi connectivity index (χ0n) is 16.8. The van der Waals surface area contributed by atoms with Crippen LogP contribution in [0.4, 0.5) is 9.80 Å². The molecule has 2 aromatic heterocycles. The smallest absolute Gasteiger partial charge is 0.408 e. The second-order valence-electron chi connectivity index (χ2n) is 7.21. The number of nitrogens with zero attached hydrogens (tertiary/aromatic N) is 2. The summed E-state index contributed by atoms with van der Waals surface area (Å²) >= 11 is 3.05. The highest BCUT2D eigenvalue weighted by atomic mass is 32.1. The second kappa shape index (κ2) is 8.20. The van der Waals surface area contributed by atoms with E-state index in [0.717, 1.165) is 37.6 Å². The zero-order chi connectivity index (χ0) is 21.4. The lowest BCUT2D eigenvalue weighted by Crippen LogP contribution is -2.45. The van der Waals surface area contributed by atoms with Crippen molar-refractivity contribution in [3.05, 3.63) is 47.4 Å². The highest BCUT2D eigenvalue weighted by Gasteiger charge is 2.40. The summed E-state index contributed by atoms with van der Waals surface area (Å²) in [6.45, 7) is 7.58. The SMILES string of the molecule is C=CC(=O)Nc1sc2c(c1-c1nc3ccccc3s1)CC(CC)N(C(=O)O)C2CC. The van der Waals surface area contributed by atoms with E-state index in [1.54, 1.807) is 16.2 Å². The Kier molecular flexibility index (Phi) is 5.62. The number of benzene rings is 1. The summed E-state index contributed by atoms with van der Waals surface area (Å²) in [6.07, 6.45) is 2.36. The van der Waals surface area contributed by atoms with Gasteiger partial charge >= 0.3 is 6.09 Å². The lowest BCUT2D eigenvalue weighted by atomic mass is 9.90. The minimum Gasteiger partial charge on any atom is -0.465 e. The van der Waals surface area contributed by atoms with E-state index >= 15 is 0 Å². The molecule has 2 amide bonds. The van der Waals surface area contributed by atoms with Crippen molar-refractivity contribution in [3.63, 3.8) is 0 Å². The highest BCUT2D eigenvalue weighted by molar-refractivity contribution is 7.23. The van der Waals surface area contributed by atoms with Gasteiger partial charge in [0.2, 0.25) is 5.91 Å². The number of thiazole rings is 1. The molecule has 0 spiro atoms. The zero-order valence-corrected chi connectivity index (χ0v) is 18.5. The maximum Gasteiger partial charge on any atom is 0.408 e. The number of carbonyl (C=O) groups excluding carboxylic acids is 1. The number of anilines is 1. The average Bonchev–Trinajstić information content (AvgIpc) is 3.32. The number of para-hydroxylation sites is 1. The van der Waals surface area contributed by atoms with E-state index < -0.39 is 6.09 Å². The van der Waals surface area contributed by atoms with Crippen molar-refractivity contribution in [1.82, 2.24) is 9.88 Å². The van der Waals surface area contributed by atoms with Gasteiger partial charge in [0.25, 0.3) is 0 Å². The van der Waals surface area contributed by atoms with Crippen molar-refractivity contribution in [3.8, 4) is 10.6 Å². The number of aromatic nitrogens is 1. The van der Waals surface area contributed by atoms with Gasteiger partial charge < -0.3 is 10.4 Å². The number of carbonyl (C=O) groups is 2. The standard InChI is InChI=1S/C22H23N3O3S2/c1-4-12-11-13-18(20-23-14-9-7-8-10-16(14)29-20)21(24-17(26)6-3)30-19(13)15(5-2)25(12)22(27)28/h6-10,12,15H,3-5,11H2,1-2H3,(H,24,26)(H,27,28). The highest BCUT2D eigenvalue weighted by Crippen LogP contribution is 2.50. The molecule has 0 bridgehead atoms. The minimum absolute atomic E-state index is 0.106.